The van der Waals surface area contributed by atoms with Gasteiger partial charge in [0.15, 0.2) is 0 Å². The molecule has 2 aliphatic heterocycles. The largest absolute Gasteiger partial charge is 0.287 e. The van der Waals surface area contributed by atoms with Crippen LogP contribution in [-0.4, -0.2) is 54.3 Å². The van der Waals surface area contributed by atoms with Crippen LogP contribution < -0.4 is 0 Å². The van der Waals surface area contributed by atoms with Crippen LogP contribution in [0.5, 0.6) is 0 Å². The highest BCUT2D eigenvalue weighted by atomic mass is 32.3. The minimum atomic E-state index is -4.70. The fourth-order valence-corrected chi connectivity index (χ4v) is 6.96. The molecule has 0 spiro atoms. The molecule has 19 heavy (non-hydrogen) atoms. The van der Waals surface area contributed by atoms with Crippen LogP contribution in [0.3, 0.4) is 0 Å². The molecule has 0 aromatic rings. The third-order valence-corrected chi connectivity index (χ3v) is 8.25. The standard InChI is InChI=1S/C7H11FO8S3/c8-7(5-1-3-15-18(5,11)12)6-2-4-17(9,10)16-19(6,13)14/h5-7H,1-4H2. The molecular weight excluding hydrogens is 327 g/mol. The van der Waals surface area contributed by atoms with E-state index in [0.717, 1.165) is 0 Å². The smallest absolute Gasteiger partial charge is 0.270 e. The normalized spacial score (nSPS) is 37.7. The van der Waals surface area contributed by atoms with Gasteiger partial charge in [-0.2, -0.15) is 25.3 Å². The lowest BCUT2D eigenvalue weighted by molar-refractivity contribution is 0.283. The molecule has 2 fully saturated rings. The predicted octanol–water partition coefficient (Wildman–Crippen LogP) is -1.11. The van der Waals surface area contributed by atoms with Gasteiger partial charge < -0.3 is 0 Å². The zero-order valence-electron chi connectivity index (χ0n) is 9.43. The van der Waals surface area contributed by atoms with E-state index in [1.807, 2.05) is 0 Å². The van der Waals surface area contributed by atoms with Gasteiger partial charge in [-0.3, -0.25) is 4.18 Å². The molecule has 0 aliphatic carbocycles. The summed E-state index contributed by atoms with van der Waals surface area (Å²) in [4.78, 5) is 0. The van der Waals surface area contributed by atoms with Crippen molar-refractivity contribution >= 4 is 30.4 Å². The Morgan fingerprint density at radius 1 is 0.947 bits per heavy atom. The zero-order valence-corrected chi connectivity index (χ0v) is 11.9. The molecule has 3 atom stereocenters. The van der Waals surface area contributed by atoms with Gasteiger partial charge in [-0.1, -0.05) is 0 Å². The molecule has 2 rings (SSSR count). The summed E-state index contributed by atoms with van der Waals surface area (Å²) in [5.74, 6) is -0.676. The summed E-state index contributed by atoms with van der Waals surface area (Å²) >= 11 is 0. The van der Waals surface area contributed by atoms with Crippen molar-refractivity contribution in [1.29, 1.82) is 0 Å². The molecule has 0 radical (unpaired) electrons. The second-order valence-corrected chi connectivity index (χ2v) is 9.72. The van der Waals surface area contributed by atoms with Gasteiger partial charge in [0, 0.05) is 0 Å². The molecule has 0 N–H and O–H groups in total. The van der Waals surface area contributed by atoms with Gasteiger partial charge >= 0.3 is 0 Å². The minimum Gasteiger partial charge on any atom is -0.270 e. The Kier molecular flexibility index (Phi) is 3.67. The monoisotopic (exact) mass is 338 g/mol. The average molecular weight is 338 g/mol. The minimum absolute atomic E-state index is 0.178. The van der Waals surface area contributed by atoms with Gasteiger partial charge in [0.05, 0.1) is 12.4 Å². The second kappa shape index (κ2) is 4.62. The van der Waals surface area contributed by atoms with Gasteiger partial charge in [0.25, 0.3) is 30.4 Å². The summed E-state index contributed by atoms with van der Waals surface area (Å²) in [5, 5.41) is -3.44. The first-order valence-electron chi connectivity index (χ1n) is 5.25. The fourth-order valence-electron chi connectivity index (χ4n) is 2.02. The van der Waals surface area contributed by atoms with Gasteiger partial charge in [-0.15, -0.1) is 3.63 Å². The van der Waals surface area contributed by atoms with Crippen LogP contribution in [0.25, 0.3) is 0 Å². The zero-order chi connectivity index (χ0) is 14.5. The van der Waals surface area contributed by atoms with Crippen LogP contribution in [0.1, 0.15) is 12.8 Å². The SMILES string of the molecule is O=S1(=O)CCC(C(F)C2CCOS2(=O)=O)S(=O)(=O)O1. The fraction of sp³-hybridized carbons (Fsp3) is 1.00. The Hall–Kier alpha value is -0.300. The van der Waals surface area contributed by atoms with Crippen molar-refractivity contribution in [3.8, 4) is 0 Å². The molecular formula is C7H11FO8S3. The molecule has 112 valence electrons. The molecule has 3 unspecified atom stereocenters. The molecule has 0 saturated carbocycles. The lowest BCUT2D eigenvalue weighted by Gasteiger charge is -2.26. The van der Waals surface area contributed by atoms with Gasteiger partial charge in [-0.05, 0) is 12.8 Å². The van der Waals surface area contributed by atoms with E-state index < -0.39 is 59.2 Å². The van der Waals surface area contributed by atoms with E-state index in [1.54, 1.807) is 0 Å². The molecule has 2 aliphatic rings. The Balaban J connectivity index is 2.28. The maximum Gasteiger partial charge on any atom is 0.287 e. The first kappa shape index (κ1) is 15.1. The Morgan fingerprint density at radius 3 is 2.00 bits per heavy atom. The molecule has 12 heteroatoms. The van der Waals surface area contributed by atoms with Gasteiger partial charge in [0.1, 0.15) is 16.7 Å². The highest BCUT2D eigenvalue weighted by Gasteiger charge is 2.51. The van der Waals surface area contributed by atoms with E-state index in [9.17, 15) is 29.6 Å². The van der Waals surface area contributed by atoms with Gasteiger partial charge in [-0.25, -0.2) is 4.39 Å². The summed E-state index contributed by atoms with van der Waals surface area (Å²) in [6, 6.07) is 0. The number of alkyl halides is 1. The molecule has 0 aromatic carbocycles. The van der Waals surface area contributed by atoms with E-state index >= 15 is 0 Å². The lowest BCUT2D eigenvalue weighted by Crippen LogP contribution is -2.46. The second-order valence-electron chi connectivity index (χ2n) is 4.24. The van der Waals surface area contributed by atoms with Crippen LogP contribution in [0.2, 0.25) is 0 Å². The van der Waals surface area contributed by atoms with Crippen molar-refractivity contribution < 1.29 is 37.5 Å². The third kappa shape index (κ3) is 2.91. The third-order valence-electron chi connectivity index (χ3n) is 2.95. The summed E-state index contributed by atoms with van der Waals surface area (Å²) in [5.41, 5.74) is 0. The van der Waals surface area contributed by atoms with Crippen molar-refractivity contribution in [1.82, 2.24) is 0 Å². The maximum atomic E-state index is 14.1. The Labute approximate surface area is 110 Å². The number of hydrogen-bond acceptors (Lipinski definition) is 8. The van der Waals surface area contributed by atoms with E-state index in [2.05, 4.69) is 7.81 Å². The molecule has 0 aromatic heterocycles. The molecule has 0 bridgehead atoms. The van der Waals surface area contributed by atoms with Crippen molar-refractivity contribution in [2.75, 3.05) is 12.4 Å². The van der Waals surface area contributed by atoms with E-state index in [1.165, 1.54) is 0 Å². The number of hydrogen-bond donors (Lipinski definition) is 0. The van der Waals surface area contributed by atoms with E-state index in [4.69, 9.17) is 0 Å². The van der Waals surface area contributed by atoms with Crippen molar-refractivity contribution in [2.24, 2.45) is 0 Å². The Bertz CT molecular complexity index is 663. The van der Waals surface area contributed by atoms with Crippen LogP contribution in [0.4, 0.5) is 4.39 Å². The van der Waals surface area contributed by atoms with Crippen LogP contribution in [0, 0.1) is 0 Å². The quantitative estimate of drug-likeness (QED) is 0.581. The van der Waals surface area contributed by atoms with Crippen LogP contribution >= 0.6 is 0 Å². The van der Waals surface area contributed by atoms with Crippen molar-refractivity contribution in [2.45, 2.75) is 29.5 Å². The summed E-state index contributed by atoms with van der Waals surface area (Å²) in [6.07, 6.45) is -3.01. The maximum absolute atomic E-state index is 14.1. The lowest BCUT2D eigenvalue weighted by atomic mass is 10.1. The molecule has 2 heterocycles. The van der Waals surface area contributed by atoms with E-state index in [0.29, 0.717) is 0 Å². The van der Waals surface area contributed by atoms with Crippen molar-refractivity contribution in [3.63, 3.8) is 0 Å². The first-order chi connectivity index (χ1) is 8.55. The Morgan fingerprint density at radius 2 is 1.53 bits per heavy atom. The molecule has 2 saturated heterocycles. The highest BCUT2D eigenvalue weighted by Crippen LogP contribution is 2.32. The van der Waals surface area contributed by atoms with Gasteiger partial charge in [0.2, 0.25) is 0 Å². The topological polar surface area (TPSA) is 121 Å². The van der Waals surface area contributed by atoms with Crippen LogP contribution in [-0.2, 0) is 38.2 Å². The van der Waals surface area contributed by atoms with Crippen molar-refractivity contribution in [3.05, 3.63) is 0 Å². The molecule has 8 nitrogen and oxygen atoms in total. The molecule has 0 amide bonds. The number of rotatable bonds is 2. The average Bonchev–Trinajstić information content (AvgIpc) is 2.54. The summed E-state index contributed by atoms with van der Waals surface area (Å²) < 4.78 is 90.2. The number of halogens is 1. The predicted molar refractivity (Wildman–Crippen MR) is 60.4 cm³/mol. The highest BCUT2D eigenvalue weighted by molar-refractivity contribution is 8.00. The van der Waals surface area contributed by atoms with Crippen LogP contribution in [0.15, 0.2) is 0 Å². The first-order valence-corrected chi connectivity index (χ1v) is 9.77. The van der Waals surface area contributed by atoms with E-state index in [-0.39, 0.29) is 13.0 Å². The summed E-state index contributed by atoms with van der Waals surface area (Å²) in [6.45, 7) is -0.223. The summed E-state index contributed by atoms with van der Waals surface area (Å²) in [7, 11) is -13.1.